The number of hydrogen-bond donors (Lipinski definition) is 3. The van der Waals surface area contributed by atoms with Crippen LogP contribution in [0, 0.1) is 0 Å². The third-order valence-corrected chi connectivity index (χ3v) is 5.27. The Bertz CT molecular complexity index is 819. The van der Waals surface area contributed by atoms with Gasteiger partial charge in [-0.3, -0.25) is 4.99 Å². The molecule has 0 unspecified atom stereocenters. The molecule has 0 spiro atoms. The number of sulfonamides is 1. The number of aliphatic imine (C=N–C) groups is 1. The zero-order valence-corrected chi connectivity index (χ0v) is 19.6. The van der Waals surface area contributed by atoms with E-state index in [9.17, 15) is 8.42 Å². The van der Waals surface area contributed by atoms with Crippen LogP contribution in [0.5, 0.6) is 0 Å². The van der Waals surface area contributed by atoms with Crippen LogP contribution in [0.15, 0.2) is 52.1 Å². The zero-order valence-electron chi connectivity index (χ0n) is 16.4. The summed E-state index contributed by atoms with van der Waals surface area (Å²) in [4.78, 5) is 4.19. The summed E-state index contributed by atoms with van der Waals surface area (Å²) in [5.41, 5.74) is 1.80. The monoisotopic (exact) mass is 520 g/mol. The van der Waals surface area contributed by atoms with Crippen molar-refractivity contribution in [3.63, 3.8) is 0 Å². The van der Waals surface area contributed by atoms with Crippen molar-refractivity contribution < 1.29 is 12.8 Å². The van der Waals surface area contributed by atoms with Gasteiger partial charge in [0.25, 0.3) is 0 Å². The molecule has 0 aliphatic rings. The third kappa shape index (κ3) is 9.07. The molecule has 0 radical (unpaired) electrons. The molecular weight excluding hydrogens is 491 g/mol. The van der Waals surface area contributed by atoms with Crippen LogP contribution < -0.4 is 15.4 Å². The van der Waals surface area contributed by atoms with Gasteiger partial charge in [0.05, 0.1) is 12.0 Å². The van der Waals surface area contributed by atoms with Crippen LogP contribution in [0.25, 0.3) is 0 Å². The summed E-state index contributed by atoms with van der Waals surface area (Å²) >= 11 is 0. The Kier molecular flexibility index (Phi) is 10.5. The van der Waals surface area contributed by atoms with Gasteiger partial charge in [-0.15, -0.1) is 24.0 Å². The maximum atomic E-state index is 12.0. The van der Waals surface area contributed by atoms with E-state index in [0.29, 0.717) is 19.0 Å². The molecule has 2 rings (SSSR count). The van der Waals surface area contributed by atoms with Gasteiger partial charge in [0.15, 0.2) is 5.96 Å². The average molecular weight is 520 g/mol. The van der Waals surface area contributed by atoms with Gasteiger partial charge in [0, 0.05) is 32.6 Å². The van der Waals surface area contributed by atoms with E-state index < -0.39 is 10.0 Å². The summed E-state index contributed by atoms with van der Waals surface area (Å²) in [5.74, 6) is 1.61. The predicted octanol–water partition coefficient (Wildman–Crippen LogP) is 2.63. The van der Waals surface area contributed by atoms with Crippen molar-refractivity contribution in [2.45, 2.75) is 38.6 Å². The number of furan rings is 1. The summed E-state index contributed by atoms with van der Waals surface area (Å²) in [6.45, 7) is 4.92. The number of hydrogen-bond acceptors (Lipinski definition) is 4. The van der Waals surface area contributed by atoms with Crippen molar-refractivity contribution in [3.05, 3.63) is 59.5 Å². The van der Waals surface area contributed by atoms with Crippen molar-refractivity contribution in [1.29, 1.82) is 0 Å². The van der Waals surface area contributed by atoms with Crippen molar-refractivity contribution in [2.24, 2.45) is 4.99 Å². The summed E-state index contributed by atoms with van der Waals surface area (Å²) in [5, 5.41) is 6.47. The SMILES string of the molecule is CN=C(NCCc1ccco1)NCc1ccc(CS(=O)(=O)NC(C)C)cc1.I. The molecular formula is C19H29IN4O3S. The molecule has 0 aliphatic heterocycles. The van der Waals surface area contributed by atoms with Crippen molar-refractivity contribution in [3.8, 4) is 0 Å². The van der Waals surface area contributed by atoms with E-state index in [4.69, 9.17) is 4.42 Å². The van der Waals surface area contributed by atoms with Gasteiger partial charge < -0.3 is 15.1 Å². The van der Waals surface area contributed by atoms with Crippen molar-refractivity contribution >= 4 is 40.0 Å². The summed E-state index contributed by atoms with van der Waals surface area (Å²) in [6, 6.07) is 11.2. The van der Waals surface area contributed by atoms with E-state index >= 15 is 0 Å². The standard InChI is InChI=1S/C19H28N4O3S.HI/c1-15(2)23-27(24,25)14-17-8-6-16(7-9-17)13-22-19(20-3)21-11-10-18-5-4-12-26-18;/h4-9,12,15,23H,10-11,13-14H2,1-3H3,(H2,20,21,22);1H. The molecule has 7 nitrogen and oxygen atoms in total. The van der Waals surface area contributed by atoms with E-state index in [2.05, 4.69) is 20.3 Å². The number of nitrogens with zero attached hydrogens (tertiary/aromatic N) is 1. The second-order valence-corrected chi connectivity index (χ2v) is 8.28. The zero-order chi connectivity index (χ0) is 19.7. The van der Waals surface area contributed by atoms with Crippen molar-refractivity contribution in [1.82, 2.24) is 15.4 Å². The fraction of sp³-hybridized carbons (Fsp3) is 0.421. The first-order chi connectivity index (χ1) is 12.9. The van der Waals surface area contributed by atoms with Crippen molar-refractivity contribution in [2.75, 3.05) is 13.6 Å². The van der Waals surface area contributed by atoms with Crippen LogP contribution >= 0.6 is 24.0 Å². The fourth-order valence-corrected chi connectivity index (χ4v) is 3.97. The normalized spacial score (nSPS) is 11.9. The molecule has 3 N–H and O–H groups in total. The highest BCUT2D eigenvalue weighted by Crippen LogP contribution is 2.08. The highest BCUT2D eigenvalue weighted by molar-refractivity contribution is 14.0. The van der Waals surface area contributed by atoms with Gasteiger partial charge in [-0.2, -0.15) is 0 Å². The van der Waals surface area contributed by atoms with Gasteiger partial charge in [0.2, 0.25) is 10.0 Å². The van der Waals surface area contributed by atoms with E-state index in [1.54, 1.807) is 13.3 Å². The first-order valence-corrected chi connectivity index (χ1v) is 10.6. The summed E-state index contributed by atoms with van der Waals surface area (Å²) in [6.07, 6.45) is 2.44. The second-order valence-electron chi connectivity index (χ2n) is 6.53. The topological polar surface area (TPSA) is 95.7 Å². The largest absolute Gasteiger partial charge is 0.469 e. The Labute approximate surface area is 184 Å². The third-order valence-electron chi connectivity index (χ3n) is 3.72. The number of rotatable bonds is 9. The molecule has 0 aliphatic carbocycles. The molecule has 0 saturated carbocycles. The molecule has 0 atom stereocenters. The van der Waals surface area contributed by atoms with Crippen LogP contribution in [0.3, 0.4) is 0 Å². The predicted molar refractivity (Wildman–Crippen MR) is 123 cm³/mol. The van der Waals surface area contributed by atoms with Crippen LogP contribution in [0.4, 0.5) is 0 Å². The van der Waals surface area contributed by atoms with E-state index in [1.165, 1.54) is 0 Å². The Morgan fingerprint density at radius 2 is 1.79 bits per heavy atom. The Balaban J connectivity index is 0.00000392. The molecule has 9 heteroatoms. The van der Waals surface area contributed by atoms with Gasteiger partial charge in [-0.1, -0.05) is 24.3 Å². The fourth-order valence-electron chi connectivity index (χ4n) is 2.54. The Morgan fingerprint density at radius 1 is 1.11 bits per heavy atom. The van der Waals surface area contributed by atoms with Crippen LogP contribution in [0.2, 0.25) is 0 Å². The van der Waals surface area contributed by atoms with Gasteiger partial charge in [-0.05, 0) is 37.1 Å². The van der Waals surface area contributed by atoms with E-state index in [-0.39, 0.29) is 35.8 Å². The van der Waals surface area contributed by atoms with E-state index in [0.717, 1.165) is 23.3 Å². The Hall–Kier alpha value is -1.59. The maximum Gasteiger partial charge on any atom is 0.216 e. The molecule has 1 aromatic carbocycles. The highest BCUT2D eigenvalue weighted by atomic mass is 127. The lowest BCUT2D eigenvalue weighted by Crippen LogP contribution is -2.37. The van der Waals surface area contributed by atoms with Crippen LogP contribution in [0.1, 0.15) is 30.7 Å². The second kappa shape index (κ2) is 12.1. The minimum Gasteiger partial charge on any atom is -0.469 e. The molecule has 0 fully saturated rings. The minimum atomic E-state index is -3.31. The summed E-state index contributed by atoms with van der Waals surface area (Å²) < 4.78 is 31.8. The first kappa shape index (κ1) is 24.4. The lowest BCUT2D eigenvalue weighted by atomic mass is 10.1. The lowest BCUT2D eigenvalue weighted by molar-refractivity contribution is 0.507. The Morgan fingerprint density at radius 3 is 2.36 bits per heavy atom. The molecule has 0 bridgehead atoms. The van der Waals surface area contributed by atoms with Gasteiger partial charge in [-0.25, -0.2) is 13.1 Å². The molecule has 1 aromatic heterocycles. The summed E-state index contributed by atoms with van der Waals surface area (Å²) in [7, 11) is -1.59. The average Bonchev–Trinajstić information content (AvgIpc) is 3.11. The van der Waals surface area contributed by atoms with E-state index in [1.807, 2.05) is 50.2 Å². The number of benzene rings is 1. The number of halogens is 1. The highest BCUT2D eigenvalue weighted by Gasteiger charge is 2.12. The molecule has 0 amide bonds. The maximum absolute atomic E-state index is 12.0. The van der Waals surface area contributed by atoms with Crippen LogP contribution in [-0.4, -0.2) is 34.0 Å². The first-order valence-electron chi connectivity index (χ1n) is 8.92. The quantitative estimate of drug-likeness (QED) is 0.269. The molecule has 28 heavy (non-hydrogen) atoms. The minimum absolute atomic E-state index is 0. The van der Waals surface area contributed by atoms with Gasteiger partial charge >= 0.3 is 0 Å². The molecule has 1 heterocycles. The van der Waals surface area contributed by atoms with Gasteiger partial charge in [0.1, 0.15) is 5.76 Å². The lowest BCUT2D eigenvalue weighted by Gasteiger charge is -2.12. The number of guanidine groups is 1. The smallest absolute Gasteiger partial charge is 0.216 e. The molecule has 156 valence electrons. The molecule has 0 saturated heterocycles. The molecule has 2 aromatic rings. The number of nitrogens with one attached hydrogen (secondary N) is 3. The van der Waals surface area contributed by atoms with Crippen LogP contribution in [-0.2, 0) is 28.7 Å².